The fourth-order valence-electron chi connectivity index (χ4n) is 5.96. The Morgan fingerprint density at radius 3 is 2.67 bits per heavy atom. The molecule has 0 spiro atoms. The Kier molecular flexibility index (Phi) is 7.57. The maximum absolute atomic E-state index is 13.7. The molecule has 242 valence electrons. The molecule has 0 radical (unpaired) electrons. The molecule has 1 saturated carbocycles. The summed E-state index contributed by atoms with van der Waals surface area (Å²) in [5.74, 6) is -0.0215. The largest absolute Gasteiger partial charge is 0.393 e. The highest BCUT2D eigenvalue weighted by atomic mass is 32.7. The summed E-state index contributed by atoms with van der Waals surface area (Å²) in [6.07, 6.45) is -1.13. The first-order valence-corrected chi connectivity index (χ1v) is 18.5. The zero-order chi connectivity index (χ0) is 31.9. The van der Waals surface area contributed by atoms with E-state index in [0.29, 0.717) is 11.2 Å². The van der Waals surface area contributed by atoms with Crippen LogP contribution in [0.2, 0.25) is 0 Å². The second kappa shape index (κ2) is 11.0. The Morgan fingerprint density at radius 2 is 1.93 bits per heavy atom. The summed E-state index contributed by atoms with van der Waals surface area (Å²) in [4.78, 5) is 35.2. The maximum atomic E-state index is 13.7. The second-order valence-corrected chi connectivity index (χ2v) is 15.4. The number of fused-ring (bicyclic) bond motifs is 3. The van der Waals surface area contributed by atoms with Crippen molar-refractivity contribution in [3.63, 3.8) is 0 Å². The number of aromatic nitrogens is 8. The summed E-state index contributed by atoms with van der Waals surface area (Å²) in [6.45, 7) is -5.19. The van der Waals surface area contributed by atoms with Crippen molar-refractivity contribution in [3.8, 4) is 0 Å². The smallest absolute Gasteiger partial charge is 0.387 e. The number of thiol groups is 2. The van der Waals surface area contributed by atoms with Gasteiger partial charge in [-0.2, -0.15) is 4.98 Å². The van der Waals surface area contributed by atoms with Gasteiger partial charge in [-0.3, -0.25) is 32.5 Å². The van der Waals surface area contributed by atoms with Gasteiger partial charge < -0.3 is 35.7 Å². The number of nitrogens with zero attached hydrogens (tertiary/aromatic N) is 7. The van der Waals surface area contributed by atoms with Crippen molar-refractivity contribution in [2.24, 2.45) is 0 Å². The van der Waals surface area contributed by atoms with E-state index in [2.05, 4.69) is 54.4 Å². The van der Waals surface area contributed by atoms with Crippen LogP contribution >= 0.6 is 38.5 Å². The normalized spacial score (nSPS) is 33.0. The predicted octanol–water partition coefficient (Wildman–Crippen LogP) is -0.0495. The van der Waals surface area contributed by atoms with E-state index in [1.807, 2.05) is 0 Å². The number of aromatic amines is 1. The fraction of sp³-hybridized carbons (Fsp3) is 0.524. The lowest BCUT2D eigenvalue weighted by molar-refractivity contribution is -0.0846. The van der Waals surface area contributed by atoms with Gasteiger partial charge in [0, 0.05) is 12.8 Å². The number of hydrogen-bond acceptors (Lipinski definition) is 17. The third kappa shape index (κ3) is 5.08. The van der Waals surface area contributed by atoms with Gasteiger partial charge in [0.15, 0.2) is 34.5 Å². The monoisotopic (exact) mass is 704 g/mol. The zero-order valence-corrected chi connectivity index (χ0v) is 26.4. The molecule has 0 aromatic carbocycles. The molecule has 3 fully saturated rings. The highest BCUT2D eigenvalue weighted by molar-refractivity contribution is 8.44. The Morgan fingerprint density at radius 1 is 1.18 bits per heavy atom. The third-order valence-corrected chi connectivity index (χ3v) is 10.4. The fourth-order valence-corrected chi connectivity index (χ4v) is 8.35. The summed E-state index contributed by atoms with van der Waals surface area (Å²) in [5.41, 5.74) is 8.25. The van der Waals surface area contributed by atoms with E-state index in [0.717, 1.165) is 0 Å². The molecule has 2 aliphatic heterocycles. The first kappa shape index (κ1) is 31.0. The number of hydrogen-bond donors (Lipinski definition) is 7. The van der Waals surface area contributed by atoms with Gasteiger partial charge in [-0.25, -0.2) is 24.5 Å². The molecule has 3 aliphatic rings. The molecule has 2 saturated heterocycles. The van der Waals surface area contributed by atoms with Gasteiger partial charge in [0.25, 0.3) is 5.56 Å². The lowest BCUT2D eigenvalue weighted by Crippen LogP contribution is -2.28. The summed E-state index contributed by atoms with van der Waals surface area (Å²) in [6, 6.07) is 0. The summed E-state index contributed by atoms with van der Waals surface area (Å²) >= 11 is 7.93. The van der Waals surface area contributed by atoms with E-state index in [9.17, 15) is 24.1 Å². The molecule has 20 nitrogen and oxygen atoms in total. The van der Waals surface area contributed by atoms with Crippen LogP contribution in [0.4, 0.5) is 11.8 Å². The molecule has 7 N–H and O–H groups in total. The number of nitrogens with two attached hydrogens (primary N) is 2. The number of H-pyrrole nitrogens is 1. The van der Waals surface area contributed by atoms with Gasteiger partial charge in [0.2, 0.25) is 13.2 Å². The number of nitrogens with one attached hydrogen (secondary N) is 1. The predicted molar refractivity (Wildman–Crippen MR) is 161 cm³/mol. The number of imidazole rings is 2. The molecular weight excluding hydrogens is 678 g/mol. The summed E-state index contributed by atoms with van der Waals surface area (Å²) < 4.78 is 56.8. The van der Waals surface area contributed by atoms with E-state index in [4.69, 9.17) is 34.5 Å². The average molecular weight is 705 g/mol. The Bertz CT molecular complexity index is 1940. The van der Waals surface area contributed by atoms with Crippen LogP contribution in [0.5, 0.6) is 0 Å². The van der Waals surface area contributed by atoms with E-state index in [1.54, 1.807) is 0 Å². The highest BCUT2D eigenvalue weighted by Crippen LogP contribution is 2.70. The van der Waals surface area contributed by atoms with Crippen LogP contribution < -0.4 is 17.0 Å². The highest BCUT2D eigenvalue weighted by Gasteiger charge is 2.85. The summed E-state index contributed by atoms with van der Waals surface area (Å²) in [5, 5.41) is 21.8. The topological polar surface area (TPSA) is 280 Å². The molecule has 9 atom stereocenters. The van der Waals surface area contributed by atoms with Crippen LogP contribution in [0.25, 0.3) is 22.3 Å². The van der Waals surface area contributed by atoms with Crippen molar-refractivity contribution in [1.29, 1.82) is 0 Å². The second-order valence-electron chi connectivity index (χ2n) is 10.7. The molecule has 0 amide bonds. The number of anilines is 2. The van der Waals surface area contributed by atoms with Gasteiger partial charge in [0.1, 0.15) is 35.9 Å². The number of nitrogen functional groups attached to an aromatic ring is 2. The zero-order valence-electron chi connectivity index (χ0n) is 22.7. The Balaban J connectivity index is 1.11. The molecule has 1 aliphatic carbocycles. The van der Waals surface area contributed by atoms with E-state index >= 15 is 0 Å². The molecule has 0 bridgehead atoms. The quantitative estimate of drug-likeness (QED) is 0.0841. The molecule has 7 rings (SSSR count). The van der Waals surface area contributed by atoms with Gasteiger partial charge in [-0.05, 0) is 0 Å². The van der Waals surface area contributed by atoms with Gasteiger partial charge in [0.05, 0.1) is 32.0 Å². The van der Waals surface area contributed by atoms with Gasteiger partial charge in [-0.1, -0.05) is 24.5 Å². The molecule has 24 heteroatoms. The van der Waals surface area contributed by atoms with Crippen molar-refractivity contribution in [3.05, 3.63) is 29.3 Å². The number of aliphatic hydroxyl groups excluding tert-OH is 1. The standard InChI is InChI=1S/C21H26N10O10P2S2/c22-13-11-14(25-5-24-13)30(6-26-11)10-2-20(34)18(21(20,4-32)39-10)41-43(36,45)40-9-1-8(3-37-42(35)44)38-17(9)31-7-27-12-15(31)28-19(23)29-16(12)33/h5-10,17-18,32,34,42H,1-4H2,(H,35,44)(H,36,45)(H2,22,24,25)(H3,23,28,29,33)/t8-,9-,10+,17+,18?,20+,21+,43?/m0/s1. The minimum Gasteiger partial charge on any atom is -0.393 e. The van der Waals surface area contributed by atoms with Gasteiger partial charge in [-0.15, -0.1) is 0 Å². The van der Waals surface area contributed by atoms with Crippen LogP contribution in [0.15, 0.2) is 23.8 Å². The summed E-state index contributed by atoms with van der Waals surface area (Å²) in [7, 11) is -2.61. The van der Waals surface area contributed by atoms with Gasteiger partial charge >= 0.3 is 6.80 Å². The molecule has 3 unspecified atom stereocenters. The lowest BCUT2D eigenvalue weighted by atomic mass is 10.2. The Hall–Kier alpha value is -2.62. The molecule has 4 aromatic rings. The van der Waals surface area contributed by atoms with Crippen LogP contribution in [-0.4, -0.2) is 92.0 Å². The lowest BCUT2D eigenvalue weighted by Gasteiger charge is -2.25. The first-order valence-electron chi connectivity index (χ1n) is 13.2. The van der Waals surface area contributed by atoms with Crippen molar-refractivity contribution in [2.75, 3.05) is 24.7 Å². The SMILES string of the molecule is Nc1nc2c(ncn2[C@@H]2O[C@H](CO[PH](=O)S)C[C@@H]2OP(=O)(S)OC2[C@]3(O)C[C@H](n4cnc5c(N)ncnc54)O[C@]23CO)c(=O)[nH]1. The number of aliphatic hydroxyl groups is 2. The van der Waals surface area contributed by atoms with Crippen LogP contribution in [0.1, 0.15) is 25.3 Å². The van der Waals surface area contributed by atoms with Crippen molar-refractivity contribution in [1.82, 2.24) is 39.0 Å². The van der Waals surface area contributed by atoms with Crippen molar-refractivity contribution in [2.45, 2.75) is 54.8 Å². The van der Waals surface area contributed by atoms with Crippen LogP contribution in [0.3, 0.4) is 0 Å². The van der Waals surface area contributed by atoms with Crippen molar-refractivity contribution < 1.29 is 42.4 Å². The minimum absolute atomic E-state index is 0.0389. The average Bonchev–Trinajstić information content (AvgIpc) is 3.60. The van der Waals surface area contributed by atoms with Crippen molar-refractivity contribution >= 4 is 72.6 Å². The minimum atomic E-state index is -4.35. The van der Waals surface area contributed by atoms with Crippen LogP contribution in [-0.2, 0) is 32.2 Å². The molecule has 6 heterocycles. The molecular formula is C21H26N10O10P2S2. The molecule has 4 aromatic heterocycles. The maximum Gasteiger partial charge on any atom is 0.387 e. The Labute approximate surface area is 262 Å². The van der Waals surface area contributed by atoms with E-state index in [-0.39, 0.29) is 42.4 Å². The van der Waals surface area contributed by atoms with E-state index < -0.39 is 68.2 Å². The number of ether oxygens (including phenoxy) is 2. The first-order chi connectivity index (χ1) is 21.4. The van der Waals surface area contributed by atoms with E-state index in [1.165, 1.54) is 28.1 Å². The molecule has 45 heavy (non-hydrogen) atoms. The number of rotatable bonds is 10. The third-order valence-electron chi connectivity index (χ3n) is 8.04. The van der Waals surface area contributed by atoms with Crippen LogP contribution in [0, 0.1) is 0 Å².